The lowest BCUT2D eigenvalue weighted by atomic mass is 9.70. The van der Waals surface area contributed by atoms with E-state index in [2.05, 4.69) is 438 Å². The van der Waals surface area contributed by atoms with Crippen LogP contribution in [0.1, 0.15) is 117 Å². The van der Waals surface area contributed by atoms with Gasteiger partial charge in [-0.1, -0.05) is 284 Å². The molecule has 18 aromatic carbocycles. The van der Waals surface area contributed by atoms with Crippen molar-refractivity contribution in [3.8, 4) is 196 Å². The van der Waals surface area contributed by atoms with E-state index in [1.165, 1.54) is 208 Å². The molecule has 0 fully saturated rings. The van der Waals surface area contributed by atoms with Crippen LogP contribution in [0.15, 0.2) is 373 Å². The monoisotopic (exact) mass is 1910 g/mol. The molecule has 0 atom stereocenters. The maximum atomic E-state index is 6.14. The van der Waals surface area contributed by atoms with Crippen LogP contribution in [0, 0.1) is 95.7 Å². The van der Waals surface area contributed by atoms with Crippen molar-refractivity contribution >= 4 is 170 Å². The van der Waals surface area contributed by atoms with Gasteiger partial charge in [0.25, 0.3) is 0 Å². The summed E-state index contributed by atoms with van der Waals surface area (Å²) in [6, 6.07) is 134. The summed E-state index contributed by atoms with van der Waals surface area (Å²) in [6.45, 7) is 9.38. The smallest absolute Gasteiger partial charge is 0.145 e. The molecule has 694 valence electrons. The van der Waals surface area contributed by atoms with Crippen molar-refractivity contribution in [3.63, 3.8) is 0 Å². The first-order valence-corrected chi connectivity index (χ1v) is 52.0. The van der Waals surface area contributed by atoms with E-state index in [0.717, 1.165) is 88.4 Å². The first-order valence-electron chi connectivity index (χ1n) is 48.7. The number of unbranched alkanes of at least 4 members (excludes halogenated alkanes) is 2. The normalized spacial score (nSPS) is 12.7. The minimum Gasteiger partial charge on any atom is -0.456 e. The summed E-state index contributed by atoms with van der Waals surface area (Å²) >= 11 is 7.47. The summed E-state index contributed by atoms with van der Waals surface area (Å²) in [4.78, 5) is 0. The second-order valence-corrected chi connectivity index (χ2v) is 42.2. The number of hydrogen-bond acceptors (Lipinski definition) is 6. The highest BCUT2D eigenvalue weighted by molar-refractivity contribution is 7.27. The second-order valence-electron chi connectivity index (χ2n) is 37.9. The molecular formula is C137H110O2S4. The van der Waals surface area contributed by atoms with Gasteiger partial charge >= 0.3 is 0 Å². The predicted octanol–water partition coefficient (Wildman–Crippen LogP) is 39.8. The maximum Gasteiger partial charge on any atom is 0.145 e. The number of rotatable bonds is 12. The van der Waals surface area contributed by atoms with Crippen molar-refractivity contribution in [2.75, 3.05) is 0 Å². The molecule has 2 nitrogen and oxygen atoms in total. The summed E-state index contributed by atoms with van der Waals surface area (Å²) < 4.78 is 22.9. The van der Waals surface area contributed by atoms with E-state index in [0.29, 0.717) is 0 Å². The Morgan fingerprint density at radius 3 is 0.797 bits per heavy atom. The molecule has 0 spiro atoms. The first-order chi connectivity index (χ1) is 70.4. The Balaban J connectivity index is 0.000000187. The van der Waals surface area contributed by atoms with Gasteiger partial charge in [-0.15, -0.1) is 58.2 Å². The molecule has 0 saturated heterocycles. The molecule has 6 heterocycles. The van der Waals surface area contributed by atoms with Crippen molar-refractivity contribution < 1.29 is 26.0 Å². The number of terminal acetylenes is 2. The van der Waals surface area contributed by atoms with E-state index >= 15 is 0 Å². The third-order valence-electron chi connectivity index (χ3n) is 29.5. The van der Waals surface area contributed by atoms with Gasteiger partial charge in [-0.25, -0.2) is 0 Å². The lowest BCUT2D eigenvalue weighted by Crippen LogP contribution is -2.25. The third-order valence-corrected chi connectivity index (χ3v) is 34.1. The van der Waals surface area contributed by atoms with Gasteiger partial charge in [0.15, 0.2) is 0 Å². The van der Waals surface area contributed by atoms with Gasteiger partial charge in [0, 0.05) is 130 Å². The van der Waals surface area contributed by atoms with E-state index in [1.807, 2.05) is 81.7 Å². The number of thiophene rings is 4. The zero-order chi connectivity index (χ0) is 96.0. The number of para-hydroxylation sites is 2. The van der Waals surface area contributed by atoms with E-state index in [-0.39, 0.29) is 27.9 Å². The van der Waals surface area contributed by atoms with Crippen LogP contribution < -0.4 is 0 Å². The number of fused-ring (bicyclic) bond motifs is 27. The van der Waals surface area contributed by atoms with Crippen molar-refractivity contribution in [1.82, 2.24) is 0 Å². The molecule has 0 unspecified atom stereocenters. The van der Waals surface area contributed by atoms with Crippen LogP contribution in [0.3, 0.4) is 0 Å². The van der Waals surface area contributed by atoms with Crippen LogP contribution in [-0.2, 0) is 16.2 Å². The second kappa shape index (κ2) is 36.0. The molecule has 0 amide bonds. The fraction of sp³-hybridized carbons (Fsp3) is 0.0949. The van der Waals surface area contributed by atoms with Crippen molar-refractivity contribution in [2.24, 2.45) is 0 Å². The van der Waals surface area contributed by atoms with Gasteiger partial charge in [0.05, 0.1) is 0 Å². The Morgan fingerprint density at radius 1 is 0.231 bits per heavy atom. The predicted molar refractivity (Wildman–Crippen MR) is 637 cm³/mol. The molecule has 6 aromatic heterocycles. The van der Waals surface area contributed by atoms with Gasteiger partial charge in [0.2, 0.25) is 0 Å². The SMILES string of the molecule is C#CC#CC#CC#CC1(C#CC#CC#CC#C)c2ccc(-c3ccc4oc5ccccc5c4c3)cc2-c2cc(-c3ccc4sc5ccccc5c4c3)ccc21.CC1(C)c2ccc(-c3ccc4oc5ccccc5c4c3)cc2-c2cc(-c3ccc4sc5ccccc5c4c3)ccc21.CCCCC1(CCCC)c2ccc(-c3ccc4sc5ccccc5c4c3)cc2-c2cc(-c3ccc4sc5ccccc5c4c3)ccc21.[HH].[HH].[HH].[HH].[HH].[HH].[HH].[HH].[HH].[HH].[HH].[HH]. The molecule has 24 aromatic rings. The Bertz CT molecular complexity index is 9530. The summed E-state index contributed by atoms with van der Waals surface area (Å²) in [5.74, 6) is 38.9. The summed E-state index contributed by atoms with van der Waals surface area (Å²) in [7, 11) is 0. The molecule has 27 rings (SSSR count). The van der Waals surface area contributed by atoms with Crippen molar-refractivity contribution in [1.29, 1.82) is 0 Å². The van der Waals surface area contributed by atoms with Crippen molar-refractivity contribution in [2.45, 2.75) is 82.5 Å². The van der Waals surface area contributed by atoms with Crippen LogP contribution >= 0.6 is 45.3 Å². The minimum atomic E-state index is -1.05. The Morgan fingerprint density at radius 2 is 0.469 bits per heavy atom. The van der Waals surface area contributed by atoms with E-state index in [9.17, 15) is 0 Å². The third kappa shape index (κ3) is 15.2. The fourth-order valence-electron chi connectivity index (χ4n) is 22.6. The Labute approximate surface area is 865 Å². The van der Waals surface area contributed by atoms with Gasteiger partial charge < -0.3 is 8.83 Å². The van der Waals surface area contributed by atoms with E-state index < -0.39 is 5.41 Å². The molecule has 0 radical (unpaired) electrons. The van der Waals surface area contributed by atoms with Gasteiger partial charge in [-0.05, 0) is 363 Å². The zero-order valence-electron chi connectivity index (χ0n) is 79.0. The zero-order valence-corrected chi connectivity index (χ0v) is 82.3. The lowest BCUT2D eigenvalue weighted by Gasteiger charge is -2.32. The molecule has 6 heteroatoms. The standard InChI is InChI=1S/C53H22OS.C45H38S2.C39H26OS.12H2/c1-3-5-7-9-11-17-31-53(32-18-12-10-8-6-4-2)47-27-23-37(39-25-29-50-45(35-39)41-19-13-15-21-49(41)54-50)33-43(47)44-34-38(24-28-48(44)53)40-26-30-52-46(36-40)42-20-14-16-22-51(42)55-52;1-3-5-23-45(24-6-4-2)39-19-15-29(31-17-21-43-37(27-31)33-11-7-9-13-41(33)46-43)25-35(39)36-26-30(16-20-40(36)45)32-18-22-44-38(28-32)34-12-8-10-14-42(34)47-44;1-39(2)33-15-11-23(25-13-17-36-31(21-25)27-7-3-5-9-35(27)40-36)19-29(33)30-20-24(12-16-34(30)39)26-14-18-38-32(22-26)28-8-4-6-10-37(28)41-38;;;;;;;;;;;;/h1-2,13-16,19-30,33-36H;7-22,25-28H,3-6,23-24H2,1-2H3;3-22H,1-2H3;12*1H. The molecule has 0 bridgehead atoms. The molecule has 0 aliphatic heterocycles. The van der Waals surface area contributed by atoms with Gasteiger partial charge in [-0.3, -0.25) is 0 Å². The van der Waals surface area contributed by atoms with Crippen LogP contribution in [0.2, 0.25) is 0 Å². The van der Waals surface area contributed by atoms with Crippen LogP contribution in [0.5, 0.6) is 0 Å². The topological polar surface area (TPSA) is 26.3 Å². The average molecular weight is 1920 g/mol. The van der Waals surface area contributed by atoms with Crippen LogP contribution in [0.4, 0.5) is 0 Å². The average Bonchev–Trinajstić information content (AvgIpc) is 1.57. The highest BCUT2D eigenvalue weighted by Crippen LogP contribution is 2.59. The molecular weight excluding hydrogens is 1810 g/mol. The Hall–Kier alpha value is -17.1. The quantitative estimate of drug-likeness (QED) is 0.114. The summed E-state index contributed by atoms with van der Waals surface area (Å²) in [5.41, 5.74) is 32.4. The lowest BCUT2D eigenvalue weighted by molar-refractivity contribution is 0.414. The highest BCUT2D eigenvalue weighted by atomic mass is 32.1. The van der Waals surface area contributed by atoms with Crippen LogP contribution in [-0.4, -0.2) is 0 Å². The minimum absolute atomic E-state index is 0. The molecule has 0 N–H and O–H groups in total. The maximum absolute atomic E-state index is 6.14. The van der Waals surface area contributed by atoms with E-state index in [1.54, 1.807) is 0 Å². The van der Waals surface area contributed by atoms with Gasteiger partial charge in [-0.2, -0.15) is 0 Å². The first kappa shape index (κ1) is 87.4. The van der Waals surface area contributed by atoms with Crippen molar-refractivity contribution in [3.05, 3.63) is 397 Å². The number of furan rings is 2. The van der Waals surface area contributed by atoms with Gasteiger partial charge in [0.1, 0.15) is 27.7 Å². The largest absolute Gasteiger partial charge is 0.456 e. The number of benzene rings is 18. The summed E-state index contributed by atoms with van der Waals surface area (Å²) in [6.07, 6.45) is 17.9. The highest BCUT2D eigenvalue weighted by Gasteiger charge is 2.45. The molecule has 143 heavy (non-hydrogen) atoms. The fourth-order valence-corrected chi connectivity index (χ4v) is 26.9. The number of hydrogen-bond donors (Lipinski definition) is 0. The van der Waals surface area contributed by atoms with Crippen LogP contribution in [0.25, 0.3) is 225 Å². The van der Waals surface area contributed by atoms with E-state index in [4.69, 9.17) is 21.7 Å². The summed E-state index contributed by atoms with van der Waals surface area (Å²) in [5, 5.41) is 15.1. The Kier molecular flexibility index (Phi) is 22.0. The molecule has 0 saturated carbocycles. The molecule has 3 aliphatic carbocycles. The molecule has 3 aliphatic rings.